The molecule has 1 N–H and O–H groups in total. The first kappa shape index (κ1) is 30.6. The third kappa shape index (κ3) is 11.6. The van der Waals surface area contributed by atoms with Crippen LogP contribution in [0, 0.1) is 0 Å². The highest BCUT2D eigenvalue weighted by Crippen LogP contribution is 2.10. The van der Waals surface area contributed by atoms with E-state index < -0.39 is 0 Å². The standard InChI is InChI=1S/C12H15N5O2.C9H12ClN3O2.C3H4N2/c1-3-19-11(18)9-16(2)12-13-7-5-10(15-12)17-8-4-6-14-17;1-3-15-8(14)6-13(2)9-11-5-4-7(10)12-9;1-2-4-5-3-1/h4-8H,3,9H2,1-2H3;4-5H,3,6H2,1-2H3;1-3H,(H,4,5). The molecule has 0 amide bonds. The zero-order chi connectivity index (χ0) is 28.5. The molecule has 0 aliphatic heterocycles. The van der Waals surface area contributed by atoms with Crippen LogP contribution in [-0.4, -0.2) is 92.3 Å². The Labute approximate surface area is 231 Å². The van der Waals surface area contributed by atoms with Crippen molar-refractivity contribution in [2.75, 3.05) is 50.2 Å². The van der Waals surface area contributed by atoms with Gasteiger partial charge in [-0.2, -0.15) is 15.2 Å². The minimum absolute atomic E-state index is 0.105. The van der Waals surface area contributed by atoms with Gasteiger partial charge in [0.2, 0.25) is 11.9 Å². The number of likely N-dealkylation sites (N-methyl/N-ethyl adjacent to an activating group) is 2. The number of rotatable bonds is 9. The highest BCUT2D eigenvalue weighted by atomic mass is 35.5. The minimum Gasteiger partial charge on any atom is -0.465 e. The molecule has 14 nitrogen and oxygen atoms in total. The number of nitrogens with one attached hydrogen (secondary N) is 1. The van der Waals surface area contributed by atoms with Gasteiger partial charge < -0.3 is 19.3 Å². The van der Waals surface area contributed by atoms with Crippen molar-refractivity contribution in [3.8, 4) is 5.82 Å². The number of ether oxygens (including phenoxy) is 2. The summed E-state index contributed by atoms with van der Waals surface area (Å²) in [6.07, 6.45) is 10.1. The molecule has 0 unspecified atom stereocenters. The van der Waals surface area contributed by atoms with E-state index in [1.165, 1.54) is 6.20 Å². The molecule has 0 atom stereocenters. The molecule has 4 aromatic rings. The number of carbonyl (C=O) groups excluding carboxylic acids is 2. The number of hydrogen-bond acceptors (Lipinski definition) is 12. The summed E-state index contributed by atoms with van der Waals surface area (Å²) >= 11 is 5.69. The molecule has 0 saturated heterocycles. The van der Waals surface area contributed by atoms with E-state index in [-0.39, 0.29) is 25.0 Å². The van der Waals surface area contributed by atoms with Gasteiger partial charge in [0.25, 0.3) is 0 Å². The lowest BCUT2D eigenvalue weighted by Crippen LogP contribution is -2.28. The van der Waals surface area contributed by atoms with Crippen molar-refractivity contribution < 1.29 is 19.1 Å². The van der Waals surface area contributed by atoms with Gasteiger partial charge in [-0.05, 0) is 32.0 Å². The molecule has 15 heteroatoms. The van der Waals surface area contributed by atoms with Gasteiger partial charge >= 0.3 is 11.9 Å². The molecule has 0 bridgehead atoms. The van der Waals surface area contributed by atoms with E-state index in [4.69, 9.17) is 21.1 Å². The first-order valence-corrected chi connectivity index (χ1v) is 12.2. The summed E-state index contributed by atoms with van der Waals surface area (Å²) in [7, 11) is 3.43. The summed E-state index contributed by atoms with van der Waals surface area (Å²) in [6.45, 7) is 4.47. The number of anilines is 2. The Balaban J connectivity index is 0.000000236. The minimum atomic E-state index is -0.316. The molecule has 39 heavy (non-hydrogen) atoms. The van der Waals surface area contributed by atoms with E-state index >= 15 is 0 Å². The van der Waals surface area contributed by atoms with E-state index in [9.17, 15) is 9.59 Å². The quantitative estimate of drug-likeness (QED) is 0.236. The van der Waals surface area contributed by atoms with Crippen LogP contribution >= 0.6 is 11.6 Å². The van der Waals surface area contributed by atoms with Gasteiger partial charge in [0.05, 0.1) is 13.2 Å². The highest BCUT2D eigenvalue weighted by molar-refractivity contribution is 6.29. The van der Waals surface area contributed by atoms with E-state index in [1.807, 2.05) is 12.1 Å². The number of H-pyrrole nitrogens is 1. The number of esters is 2. The molecule has 0 fully saturated rings. The van der Waals surface area contributed by atoms with Gasteiger partial charge in [0, 0.05) is 57.3 Å². The Morgan fingerprint density at radius 1 is 0.897 bits per heavy atom. The number of carbonyl (C=O) groups is 2. The summed E-state index contributed by atoms with van der Waals surface area (Å²) in [5.74, 6) is 0.865. The third-order valence-electron chi connectivity index (χ3n) is 4.41. The molecular weight excluding hydrogens is 528 g/mol. The number of hydrogen-bond donors (Lipinski definition) is 1. The lowest BCUT2D eigenvalue weighted by Gasteiger charge is -2.16. The fourth-order valence-corrected chi connectivity index (χ4v) is 2.86. The molecule has 0 saturated carbocycles. The number of aromatic nitrogens is 8. The molecule has 4 aromatic heterocycles. The SMILES string of the molecule is CCOC(=O)CN(C)c1nccc(-n2cccn2)n1.CCOC(=O)CN(C)c1nccc(Cl)n1.c1cn[nH]c1. The Bertz CT molecular complexity index is 1220. The lowest BCUT2D eigenvalue weighted by atomic mass is 10.5. The zero-order valence-electron chi connectivity index (χ0n) is 22.1. The monoisotopic (exact) mass is 558 g/mol. The van der Waals surface area contributed by atoms with Crippen molar-refractivity contribution in [2.24, 2.45) is 0 Å². The largest absolute Gasteiger partial charge is 0.465 e. The number of halogens is 1. The average Bonchev–Trinajstić information content (AvgIpc) is 3.67. The van der Waals surface area contributed by atoms with E-state index in [0.29, 0.717) is 36.1 Å². The van der Waals surface area contributed by atoms with Crippen LogP contribution in [0.2, 0.25) is 5.15 Å². The molecular formula is C24H31ClN10O4. The fourth-order valence-electron chi connectivity index (χ4n) is 2.72. The zero-order valence-corrected chi connectivity index (χ0v) is 22.9. The normalized spacial score (nSPS) is 9.77. The van der Waals surface area contributed by atoms with Gasteiger partial charge in [-0.1, -0.05) is 11.6 Å². The topological polar surface area (TPSA) is 157 Å². The second-order valence-corrected chi connectivity index (χ2v) is 7.82. The predicted molar refractivity (Wildman–Crippen MR) is 145 cm³/mol. The smallest absolute Gasteiger partial charge is 0.325 e. The van der Waals surface area contributed by atoms with Gasteiger partial charge in [-0.15, -0.1) is 0 Å². The molecule has 4 rings (SSSR count). The van der Waals surface area contributed by atoms with Gasteiger partial charge in [-0.25, -0.2) is 19.6 Å². The van der Waals surface area contributed by atoms with Crippen LogP contribution in [-0.2, 0) is 19.1 Å². The summed E-state index contributed by atoms with van der Waals surface area (Å²) < 4.78 is 11.3. The van der Waals surface area contributed by atoms with Crippen LogP contribution in [0.3, 0.4) is 0 Å². The van der Waals surface area contributed by atoms with Gasteiger partial charge in [-0.3, -0.25) is 14.7 Å². The molecule has 208 valence electrons. The summed E-state index contributed by atoms with van der Waals surface area (Å²) in [5.41, 5.74) is 0. The van der Waals surface area contributed by atoms with E-state index in [1.54, 1.807) is 85.5 Å². The van der Waals surface area contributed by atoms with Crippen LogP contribution < -0.4 is 9.80 Å². The molecule has 0 aliphatic rings. The predicted octanol–water partition coefficient (Wildman–Crippen LogP) is 2.20. The van der Waals surface area contributed by atoms with Crippen molar-refractivity contribution in [1.29, 1.82) is 0 Å². The van der Waals surface area contributed by atoms with Crippen LogP contribution in [0.15, 0.2) is 61.4 Å². The first-order chi connectivity index (χ1) is 18.8. The van der Waals surface area contributed by atoms with Crippen molar-refractivity contribution in [2.45, 2.75) is 13.8 Å². The summed E-state index contributed by atoms with van der Waals surface area (Å²) in [6, 6.07) is 6.96. The van der Waals surface area contributed by atoms with Crippen molar-refractivity contribution in [3.63, 3.8) is 0 Å². The lowest BCUT2D eigenvalue weighted by molar-refractivity contribution is -0.142. The molecule has 0 radical (unpaired) electrons. The van der Waals surface area contributed by atoms with Gasteiger partial charge in [0.15, 0.2) is 5.82 Å². The third-order valence-corrected chi connectivity index (χ3v) is 4.62. The number of nitrogens with zero attached hydrogens (tertiary/aromatic N) is 9. The van der Waals surface area contributed by atoms with Crippen LogP contribution in [0.5, 0.6) is 0 Å². The number of aromatic amines is 1. The van der Waals surface area contributed by atoms with Crippen LogP contribution in [0.25, 0.3) is 5.82 Å². The second-order valence-electron chi connectivity index (χ2n) is 7.43. The second kappa shape index (κ2) is 17.0. The average molecular weight is 559 g/mol. The fraction of sp³-hybridized carbons (Fsp3) is 0.333. The van der Waals surface area contributed by atoms with Crippen molar-refractivity contribution >= 4 is 35.4 Å². The van der Waals surface area contributed by atoms with Crippen molar-refractivity contribution in [3.05, 3.63) is 66.6 Å². The van der Waals surface area contributed by atoms with E-state index in [0.717, 1.165) is 0 Å². The Kier molecular flexibility index (Phi) is 13.4. The summed E-state index contributed by atoms with van der Waals surface area (Å²) in [5, 5.41) is 10.6. The first-order valence-electron chi connectivity index (χ1n) is 11.8. The van der Waals surface area contributed by atoms with Crippen LogP contribution in [0.4, 0.5) is 11.9 Å². The Morgan fingerprint density at radius 3 is 1.97 bits per heavy atom. The Hall–Kier alpha value is -4.59. The van der Waals surface area contributed by atoms with Crippen LogP contribution in [0.1, 0.15) is 13.8 Å². The molecule has 0 aromatic carbocycles. The van der Waals surface area contributed by atoms with Gasteiger partial charge in [0.1, 0.15) is 18.2 Å². The highest BCUT2D eigenvalue weighted by Gasteiger charge is 2.12. The van der Waals surface area contributed by atoms with Crippen molar-refractivity contribution in [1.82, 2.24) is 39.9 Å². The van der Waals surface area contributed by atoms with E-state index in [2.05, 4.69) is 35.2 Å². The maximum absolute atomic E-state index is 11.4. The molecule has 0 aliphatic carbocycles. The molecule has 4 heterocycles. The maximum Gasteiger partial charge on any atom is 0.325 e. The summed E-state index contributed by atoms with van der Waals surface area (Å²) in [4.78, 5) is 42.2. The Morgan fingerprint density at radius 2 is 1.51 bits per heavy atom. The molecule has 0 spiro atoms. The maximum atomic E-state index is 11.4.